The molecule has 132 valence electrons. The van der Waals surface area contributed by atoms with Crippen molar-refractivity contribution in [1.82, 2.24) is 14.8 Å². The van der Waals surface area contributed by atoms with Crippen molar-refractivity contribution in [2.45, 2.75) is 19.3 Å². The lowest BCUT2D eigenvalue weighted by Gasteiger charge is -2.21. The van der Waals surface area contributed by atoms with E-state index in [9.17, 15) is 0 Å². The second-order valence-electron chi connectivity index (χ2n) is 7.27. The predicted octanol–water partition coefficient (Wildman–Crippen LogP) is 5.49. The molecule has 2 aromatic carbocycles. The molecule has 0 radical (unpaired) electrons. The molecule has 0 N–H and O–H groups in total. The summed E-state index contributed by atoms with van der Waals surface area (Å²) in [7, 11) is 0. The second-order valence-corrected chi connectivity index (χ2v) is 7.70. The summed E-state index contributed by atoms with van der Waals surface area (Å²) in [5, 5.41) is 6.33. The van der Waals surface area contributed by atoms with Crippen LogP contribution in [0.3, 0.4) is 0 Å². The zero-order valence-electron chi connectivity index (χ0n) is 15.0. The van der Waals surface area contributed by atoms with Gasteiger partial charge in [0.1, 0.15) is 0 Å². The number of hydrogen-bond acceptors (Lipinski definition) is 3. The molecule has 0 bridgehead atoms. The lowest BCUT2D eigenvalue weighted by molar-refractivity contribution is 0.738. The monoisotopic (exact) mass is 372 g/mol. The summed E-state index contributed by atoms with van der Waals surface area (Å²) in [4.78, 5) is 9.48. The molecule has 5 heteroatoms. The molecular weight excluding hydrogens is 356 g/mol. The van der Waals surface area contributed by atoms with Gasteiger partial charge in [0, 0.05) is 33.8 Å². The maximum absolute atomic E-state index is 5.99. The topological polar surface area (TPSA) is 43.1 Å². The summed E-state index contributed by atoms with van der Waals surface area (Å²) in [6.45, 7) is 4.42. The van der Waals surface area contributed by atoms with E-state index in [1.807, 2.05) is 53.6 Å². The SMILES string of the molecule is CC1(C)C(c2cnn(-c3ccc(Cl)cc3)c2)=Nc2c1ccc1ncccc21. The Kier molecular flexibility index (Phi) is 3.46. The third kappa shape index (κ3) is 2.48. The van der Waals surface area contributed by atoms with E-state index in [4.69, 9.17) is 16.6 Å². The number of pyridine rings is 1. The van der Waals surface area contributed by atoms with E-state index in [0.29, 0.717) is 5.02 Å². The molecular formula is C22H17ClN4. The van der Waals surface area contributed by atoms with E-state index in [-0.39, 0.29) is 5.41 Å². The first-order chi connectivity index (χ1) is 13.0. The van der Waals surface area contributed by atoms with E-state index >= 15 is 0 Å². The maximum atomic E-state index is 5.99. The first kappa shape index (κ1) is 16.2. The maximum Gasteiger partial charge on any atom is 0.0769 e. The lowest BCUT2D eigenvalue weighted by Crippen LogP contribution is -2.26. The smallest absolute Gasteiger partial charge is 0.0769 e. The quantitative estimate of drug-likeness (QED) is 0.467. The van der Waals surface area contributed by atoms with Gasteiger partial charge in [0.05, 0.1) is 28.8 Å². The van der Waals surface area contributed by atoms with Crippen LogP contribution >= 0.6 is 11.6 Å². The van der Waals surface area contributed by atoms with E-state index in [1.165, 1.54) is 5.56 Å². The molecule has 0 amide bonds. The van der Waals surface area contributed by atoms with Crippen LogP contribution in [0.15, 0.2) is 72.1 Å². The number of hydrogen-bond donors (Lipinski definition) is 0. The summed E-state index contributed by atoms with van der Waals surface area (Å²) >= 11 is 5.99. The number of nitrogens with zero attached hydrogens (tertiary/aromatic N) is 4. The molecule has 0 saturated carbocycles. The molecule has 1 aliphatic heterocycles. The number of aliphatic imine (C=N–C) groups is 1. The summed E-state index contributed by atoms with van der Waals surface area (Å²) in [6.07, 6.45) is 5.72. The number of fused-ring (bicyclic) bond motifs is 3. The number of rotatable bonds is 2. The van der Waals surface area contributed by atoms with Gasteiger partial charge < -0.3 is 0 Å². The van der Waals surface area contributed by atoms with Crippen LogP contribution in [0.1, 0.15) is 25.0 Å². The Morgan fingerprint density at radius 3 is 2.63 bits per heavy atom. The van der Waals surface area contributed by atoms with Crippen molar-refractivity contribution in [2.24, 2.45) is 4.99 Å². The third-order valence-corrected chi connectivity index (χ3v) is 5.44. The van der Waals surface area contributed by atoms with Crippen molar-refractivity contribution < 1.29 is 0 Å². The molecule has 4 aromatic rings. The van der Waals surface area contributed by atoms with Crippen LogP contribution in [0.4, 0.5) is 5.69 Å². The molecule has 0 atom stereocenters. The molecule has 27 heavy (non-hydrogen) atoms. The van der Waals surface area contributed by atoms with Crippen molar-refractivity contribution in [3.05, 3.63) is 83.3 Å². The number of benzene rings is 2. The van der Waals surface area contributed by atoms with Gasteiger partial charge in [0.25, 0.3) is 0 Å². The minimum Gasteiger partial charge on any atom is -0.256 e. The van der Waals surface area contributed by atoms with E-state index in [0.717, 1.165) is 33.6 Å². The van der Waals surface area contributed by atoms with Gasteiger partial charge in [-0.05, 0) is 48.0 Å². The van der Waals surface area contributed by atoms with Gasteiger partial charge in [-0.25, -0.2) is 4.68 Å². The van der Waals surface area contributed by atoms with Crippen LogP contribution in [0.25, 0.3) is 16.6 Å². The summed E-state index contributed by atoms with van der Waals surface area (Å²) < 4.78 is 1.85. The minimum absolute atomic E-state index is 0.201. The Bertz CT molecular complexity index is 1200. The van der Waals surface area contributed by atoms with Crippen LogP contribution in [0, 0.1) is 0 Å². The normalized spacial score (nSPS) is 15.0. The fourth-order valence-electron chi connectivity index (χ4n) is 3.75. The first-order valence-corrected chi connectivity index (χ1v) is 9.20. The average molecular weight is 373 g/mol. The highest BCUT2D eigenvalue weighted by molar-refractivity contribution is 6.30. The Morgan fingerprint density at radius 1 is 1.00 bits per heavy atom. The zero-order chi connectivity index (χ0) is 18.6. The van der Waals surface area contributed by atoms with Crippen LogP contribution < -0.4 is 0 Å². The van der Waals surface area contributed by atoms with Crippen molar-refractivity contribution in [1.29, 1.82) is 0 Å². The molecule has 4 nitrogen and oxygen atoms in total. The number of halogens is 1. The largest absolute Gasteiger partial charge is 0.256 e. The molecule has 3 heterocycles. The Morgan fingerprint density at radius 2 is 1.81 bits per heavy atom. The van der Waals surface area contributed by atoms with Gasteiger partial charge in [-0.2, -0.15) is 5.10 Å². The van der Waals surface area contributed by atoms with Crippen molar-refractivity contribution in [3.63, 3.8) is 0 Å². The summed E-state index contributed by atoms with van der Waals surface area (Å²) in [6, 6.07) is 15.9. The van der Waals surface area contributed by atoms with Gasteiger partial charge in [-0.1, -0.05) is 31.5 Å². The highest BCUT2D eigenvalue weighted by Crippen LogP contribution is 2.45. The van der Waals surface area contributed by atoms with Gasteiger partial charge >= 0.3 is 0 Å². The molecule has 0 unspecified atom stereocenters. The Hall–Kier alpha value is -2.98. The standard InChI is InChI=1S/C22H17ClN4/c1-22(2)18-9-10-19-17(4-3-11-24-19)20(18)26-21(22)14-12-25-27(13-14)16-7-5-15(23)6-8-16/h3-13H,1-2H3. The van der Waals surface area contributed by atoms with E-state index in [1.54, 1.807) is 0 Å². The molecule has 0 saturated heterocycles. The van der Waals surface area contributed by atoms with Crippen molar-refractivity contribution in [2.75, 3.05) is 0 Å². The molecule has 2 aromatic heterocycles. The van der Waals surface area contributed by atoms with Crippen LogP contribution in [0.2, 0.25) is 5.02 Å². The lowest BCUT2D eigenvalue weighted by atomic mass is 9.79. The highest BCUT2D eigenvalue weighted by atomic mass is 35.5. The minimum atomic E-state index is -0.201. The zero-order valence-corrected chi connectivity index (χ0v) is 15.8. The fraction of sp³-hybridized carbons (Fsp3) is 0.136. The Balaban J connectivity index is 1.63. The highest BCUT2D eigenvalue weighted by Gasteiger charge is 2.37. The third-order valence-electron chi connectivity index (χ3n) is 5.19. The molecule has 5 rings (SSSR count). The van der Waals surface area contributed by atoms with Gasteiger partial charge in [-0.15, -0.1) is 0 Å². The Labute approximate surface area is 162 Å². The van der Waals surface area contributed by atoms with E-state index in [2.05, 4.69) is 42.1 Å². The summed E-state index contributed by atoms with van der Waals surface area (Å²) in [5.74, 6) is 0. The predicted molar refractivity (Wildman–Crippen MR) is 110 cm³/mol. The van der Waals surface area contributed by atoms with Crippen LogP contribution in [-0.2, 0) is 5.41 Å². The average Bonchev–Trinajstić information content (AvgIpc) is 3.25. The van der Waals surface area contributed by atoms with Gasteiger partial charge in [0.15, 0.2) is 0 Å². The van der Waals surface area contributed by atoms with Gasteiger partial charge in [0.2, 0.25) is 0 Å². The van der Waals surface area contributed by atoms with Crippen LogP contribution in [0.5, 0.6) is 0 Å². The van der Waals surface area contributed by atoms with Crippen molar-refractivity contribution >= 4 is 33.9 Å². The second kappa shape index (κ2) is 5.76. The first-order valence-electron chi connectivity index (χ1n) is 8.82. The van der Waals surface area contributed by atoms with Gasteiger partial charge in [-0.3, -0.25) is 9.98 Å². The van der Waals surface area contributed by atoms with E-state index < -0.39 is 0 Å². The number of aromatic nitrogens is 3. The fourth-order valence-corrected chi connectivity index (χ4v) is 3.87. The molecule has 1 aliphatic rings. The molecule has 0 fully saturated rings. The van der Waals surface area contributed by atoms with Crippen LogP contribution in [-0.4, -0.2) is 20.5 Å². The van der Waals surface area contributed by atoms with Crippen molar-refractivity contribution in [3.8, 4) is 5.69 Å². The summed E-state index contributed by atoms with van der Waals surface area (Å²) in [5.41, 5.74) is 6.00. The molecule has 0 aliphatic carbocycles. The molecule has 0 spiro atoms.